The minimum absolute atomic E-state index is 0. The van der Waals surface area contributed by atoms with E-state index < -0.39 is 0 Å². The quantitative estimate of drug-likeness (QED) is 0.258. The normalized spacial score (nSPS) is 27.0. The van der Waals surface area contributed by atoms with Gasteiger partial charge in [-0.25, -0.2) is 0 Å². The number of halogens is 1. The highest BCUT2D eigenvalue weighted by molar-refractivity contribution is 5.76. The summed E-state index contributed by atoms with van der Waals surface area (Å²) >= 11 is 0. The second-order valence-corrected chi connectivity index (χ2v) is 9.59. The Bertz CT molecular complexity index is 555. The maximum atomic E-state index is 11.9. The summed E-state index contributed by atoms with van der Waals surface area (Å²) < 4.78 is 8.07. The average molecular weight is 442 g/mol. The second-order valence-electron chi connectivity index (χ2n) is 9.59. The Balaban J connectivity index is 0.00000320. The number of guanidine groups is 1. The Morgan fingerprint density at radius 3 is 2.43 bits per heavy atom. The average Bonchev–Trinajstić information content (AvgIpc) is 3.10. The highest BCUT2D eigenvalue weighted by Gasteiger charge is 2.44. The van der Waals surface area contributed by atoms with Crippen molar-refractivity contribution in [3.63, 3.8) is 0 Å². The lowest BCUT2D eigenvalue weighted by Crippen LogP contribution is -3.00. The molecule has 174 valence electrons. The molecule has 3 aliphatic rings. The Labute approximate surface area is 190 Å². The number of rotatable bonds is 13. The van der Waals surface area contributed by atoms with Gasteiger partial charge in [0, 0.05) is 19.3 Å². The predicted molar refractivity (Wildman–Crippen MR) is 118 cm³/mol. The summed E-state index contributed by atoms with van der Waals surface area (Å²) in [5, 5.41) is 7.43. The molecule has 1 saturated heterocycles. The molecule has 0 bridgehead atoms. The summed E-state index contributed by atoms with van der Waals surface area (Å²) in [7, 11) is 0. The van der Waals surface area contributed by atoms with Gasteiger partial charge in [0.1, 0.15) is 0 Å². The molecule has 3 aliphatic heterocycles. The van der Waals surface area contributed by atoms with E-state index in [1.165, 1.54) is 70.2 Å². The van der Waals surface area contributed by atoms with E-state index in [0.29, 0.717) is 25.1 Å². The van der Waals surface area contributed by atoms with Crippen molar-refractivity contribution < 1.29 is 26.5 Å². The van der Waals surface area contributed by atoms with Crippen molar-refractivity contribution in [2.24, 2.45) is 0 Å². The van der Waals surface area contributed by atoms with Gasteiger partial charge < -0.3 is 17.1 Å². The summed E-state index contributed by atoms with van der Waals surface area (Å²) in [5.41, 5.74) is 0. The Kier molecular flexibility index (Phi) is 11.3. The van der Waals surface area contributed by atoms with E-state index in [0.717, 1.165) is 37.8 Å². The third-order valence-electron chi connectivity index (χ3n) is 6.98. The van der Waals surface area contributed by atoms with Crippen molar-refractivity contribution in [3.8, 4) is 0 Å². The minimum Gasteiger partial charge on any atom is -1.00 e. The van der Waals surface area contributed by atoms with Gasteiger partial charge in [0.05, 0.1) is 30.8 Å². The van der Waals surface area contributed by atoms with Crippen molar-refractivity contribution in [2.45, 2.75) is 134 Å². The van der Waals surface area contributed by atoms with Crippen molar-refractivity contribution in [1.82, 2.24) is 10.6 Å². The fourth-order valence-corrected chi connectivity index (χ4v) is 5.43. The lowest BCUT2D eigenvalue weighted by atomic mass is 9.99. The van der Waals surface area contributed by atoms with Crippen LogP contribution in [0.25, 0.3) is 0 Å². The molecule has 3 rings (SSSR count). The molecule has 0 aliphatic carbocycles. The molecule has 30 heavy (non-hydrogen) atoms. The molecule has 0 radical (unpaired) electrons. The molecule has 3 heterocycles. The first kappa shape index (κ1) is 25.3. The van der Waals surface area contributed by atoms with Gasteiger partial charge in [-0.05, 0) is 45.4 Å². The summed E-state index contributed by atoms with van der Waals surface area (Å²) in [6, 6.07) is 2.61. The topological polar surface area (TPSA) is 53.4 Å². The zero-order chi connectivity index (χ0) is 20.5. The minimum atomic E-state index is -0.00191. The van der Waals surface area contributed by atoms with Crippen LogP contribution in [-0.4, -0.2) is 47.3 Å². The lowest BCUT2D eigenvalue weighted by molar-refractivity contribution is -0.593. The van der Waals surface area contributed by atoms with Gasteiger partial charge in [-0.1, -0.05) is 45.4 Å². The van der Waals surface area contributed by atoms with Crippen LogP contribution in [0.3, 0.4) is 0 Å². The van der Waals surface area contributed by atoms with Crippen LogP contribution in [0.15, 0.2) is 0 Å². The van der Waals surface area contributed by atoms with E-state index in [2.05, 4.69) is 29.1 Å². The van der Waals surface area contributed by atoms with Crippen LogP contribution in [0, 0.1) is 0 Å². The maximum absolute atomic E-state index is 11.9. The lowest BCUT2D eigenvalue weighted by Gasteiger charge is -2.35. The van der Waals surface area contributed by atoms with Crippen LogP contribution in [-0.2, 0) is 9.53 Å². The molecule has 6 heteroatoms. The Morgan fingerprint density at radius 1 is 0.967 bits per heavy atom. The number of ether oxygens (including phenoxy) is 1. The maximum Gasteiger partial charge on any atom is 0.346 e. The first-order chi connectivity index (χ1) is 14.2. The van der Waals surface area contributed by atoms with Crippen LogP contribution >= 0.6 is 0 Å². The molecule has 5 nitrogen and oxygen atoms in total. The second kappa shape index (κ2) is 13.4. The molecular formula is C24H44ClN3O2. The SMILES string of the molecule is CCCCCCCCCC(=O)OCCCC[C@H]1C[C@H]2CC[C@H]3C[C@@H](C)NC(=[N+]23)N1.[Cl-]. The zero-order valence-electron chi connectivity index (χ0n) is 19.3. The predicted octanol–water partition coefficient (Wildman–Crippen LogP) is 1.49. The Morgan fingerprint density at radius 2 is 1.67 bits per heavy atom. The summed E-state index contributed by atoms with van der Waals surface area (Å²) in [6.07, 6.45) is 17.8. The van der Waals surface area contributed by atoms with Gasteiger partial charge in [0.2, 0.25) is 0 Å². The van der Waals surface area contributed by atoms with Crippen molar-refractivity contribution in [1.29, 1.82) is 0 Å². The van der Waals surface area contributed by atoms with Gasteiger partial charge in [-0.15, -0.1) is 0 Å². The van der Waals surface area contributed by atoms with Crippen molar-refractivity contribution in [3.05, 3.63) is 0 Å². The number of hydrogen-bond donors (Lipinski definition) is 2. The first-order valence-electron chi connectivity index (χ1n) is 12.5. The molecule has 0 aromatic rings. The zero-order valence-corrected chi connectivity index (χ0v) is 20.0. The number of carbonyl (C=O) groups excluding carboxylic acids is 1. The number of hydrogen-bond acceptors (Lipinski definition) is 4. The number of unbranched alkanes of at least 4 members (excludes halogenated alkanes) is 7. The molecule has 0 aromatic carbocycles. The molecule has 1 fully saturated rings. The monoisotopic (exact) mass is 441 g/mol. The molecule has 0 unspecified atom stereocenters. The molecule has 0 amide bonds. The molecule has 0 spiro atoms. The largest absolute Gasteiger partial charge is 1.00 e. The van der Waals surface area contributed by atoms with Crippen LogP contribution in [0.4, 0.5) is 0 Å². The number of nitrogens with one attached hydrogen (secondary N) is 2. The van der Waals surface area contributed by atoms with E-state index in [9.17, 15) is 4.79 Å². The van der Waals surface area contributed by atoms with E-state index in [4.69, 9.17) is 4.74 Å². The summed E-state index contributed by atoms with van der Waals surface area (Å²) in [5.74, 6) is 1.28. The third-order valence-corrected chi connectivity index (χ3v) is 6.98. The van der Waals surface area contributed by atoms with E-state index in [-0.39, 0.29) is 18.4 Å². The fraction of sp³-hybridized carbons (Fsp3) is 0.917. The van der Waals surface area contributed by atoms with Gasteiger partial charge in [-0.2, -0.15) is 0 Å². The van der Waals surface area contributed by atoms with E-state index in [1.54, 1.807) is 0 Å². The van der Waals surface area contributed by atoms with Crippen LogP contribution in [0.2, 0.25) is 0 Å². The van der Waals surface area contributed by atoms with E-state index >= 15 is 0 Å². The molecule has 2 N–H and O–H groups in total. The standard InChI is InChI=1S/C24H43N3O2.ClH/c1-3-4-5-6-7-8-9-13-23(28)29-16-11-10-12-20-18-22-15-14-21-17-19(2)25-24(26-20)27(21)22;/h19-22H,3-18H2,1-2H3,(H,25,26);1H/t19-,20+,21+,22-;/m1./s1. The van der Waals surface area contributed by atoms with Gasteiger partial charge in [0.25, 0.3) is 0 Å². The highest BCUT2D eigenvalue weighted by Crippen LogP contribution is 2.31. The molecule has 0 saturated carbocycles. The number of carbonyl (C=O) groups is 1. The summed E-state index contributed by atoms with van der Waals surface area (Å²) in [4.78, 5) is 11.9. The third kappa shape index (κ3) is 7.62. The molecule has 4 atom stereocenters. The van der Waals surface area contributed by atoms with Gasteiger partial charge >= 0.3 is 11.9 Å². The van der Waals surface area contributed by atoms with Gasteiger partial charge in [0.15, 0.2) is 0 Å². The van der Waals surface area contributed by atoms with Crippen LogP contribution in [0.1, 0.15) is 110 Å². The van der Waals surface area contributed by atoms with Crippen LogP contribution in [0.5, 0.6) is 0 Å². The van der Waals surface area contributed by atoms with Crippen LogP contribution < -0.4 is 23.0 Å². The smallest absolute Gasteiger partial charge is 0.346 e. The van der Waals surface area contributed by atoms with Crippen molar-refractivity contribution in [2.75, 3.05) is 6.61 Å². The molecular weight excluding hydrogens is 398 g/mol. The van der Waals surface area contributed by atoms with Crippen molar-refractivity contribution >= 4 is 11.9 Å². The van der Waals surface area contributed by atoms with E-state index in [1.807, 2.05) is 0 Å². The fourth-order valence-electron chi connectivity index (χ4n) is 5.43. The summed E-state index contributed by atoms with van der Waals surface area (Å²) in [6.45, 7) is 5.13. The Hall–Kier alpha value is -0.970. The number of nitrogens with zero attached hydrogens (tertiary/aromatic N) is 1. The number of esters is 1. The molecule has 0 aromatic heterocycles. The van der Waals surface area contributed by atoms with Gasteiger partial charge in [-0.3, -0.25) is 20.0 Å². The first-order valence-corrected chi connectivity index (χ1v) is 12.5. The highest BCUT2D eigenvalue weighted by atomic mass is 35.5.